The molecule has 0 amide bonds. The molecule has 6 heteroatoms. The van der Waals surface area contributed by atoms with E-state index in [2.05, 4.69) is 11.9 Å². The van der Waals surface area contributed by atoms with Gasteiger partial charge < -0.3 is 14.9 Å². The number of aromatic nitrogens is 1. The van der Waals surface area contributed by atoms with Crippen molar-refractivity contribution in [2.24, 2.45) is 0 Å². The molecule has 0 aliphatic carbocycles. The highest BCUT2D eigenvalue weighted by Crippen LogP contribution is 2.23. The van der Waals surface area contributed by atoms with Gasteiger partial charge in [-0.2, -0.15) is 0 Å². The van der Waals surface area contributed by atoms with Gasteiger partial charge in [-0.05, 0) is 48.7 Å². The maximum absolute atomic E-state index is 7.11. The van der Waals surface area contributed by atoms with E-state index in [-0.39, 0.29) is 0 Å². The van der Waals surface area contributed by atoms with Gasteiger partial charge in [0.15, 0.2) is 0 Å². The van der Waals surface area contributed by atoms with Crippen molar-refractivity contribution in [3.05, 3.63) is 51.1 Å². The van der Waals surface area contributed by atoms with Crippen molar-refractivity contribution in [3.8, 4) is 11.6 Å². The average molecular weight is 369 g/mol. The van der Waals surface area contributed by atoms with E-state index < -0.39 is 0 Å². The van der Waals surface area contributed by atoms with Gasteiger partial charge in [-0.3, -0.25) is 0 Å². The lowest BCUT2D eigenvalue weighted by molar-refractivity contribution is 0.397. The fraction of sp³-hybridized carbons (Fsp3) is 0.333. The Labute approximate surface area is 153 Å². The molecule has 0 aliphatic rings. The summed E-state index contributed by atoms with van der Waals surface area (Å²) in [7, 11) is 3.19. The fourth-order valence-corrected chi connectivity index (χ4v) is 2.59. The molecule has 0 saturated carbocycles. The van der Waals surface area contributed by atoms with Gasteiger partial charge in [0.05, 0.1) is 19.8 Å². The first-order chi connectivity index (χ1) is 11.5. The van der Waals surface area contributed by atoms with Crippen LogP contribution in [-0.4, -0.2) is 25.4 Å². The topological polar surface area (TPSA) is 55.2 Å². The van der Waals surface area contributed by atoms with Gasteiger partial charge in [-0.15, -0.1) is 0 Å². The number of methoxy groups -OCH3 is 2. The fourth-order valence-electron chi connectivity index (χ4n) is 2.16. The van der Waals surface area contributed by atoms with Crippen molar-refractivity contribution in [3.63, 3.8) is 0 Å². The third kappa shape index (κ3) is 5.69. The molecule has 1 heterocycles. The highest BCUT2D eigenvalue weighted by atomic mass is 35.5. The molecule has 4 nitrogen and oxygen atoms in total. The molecule has 2 aromatic rings. The number of nitrogens with zero attached hydrogens (tertiary/aromatic N) is 1. The Hall–Kier alpha value is -1.78. The zero-order valence-corrected chi connectivity index (χ0v) is 15.8. The van der Waals surface area contributed by atoms with Gasteiger partial charge in [0.2, 0.25) is 5.88 Å². The normalized spacial score (nSPS) is 9.75. The smallest absolute Gasteiger partial charge is 0.223 e. The maximum Gasteiger partial charge on any atom is 0.223 e. The largest absolute Gasteiger partial charge is 0.496 e. The molecule has 24 heavy (non-hydrogen) atoms. The van der Waals surface area contributed by atoms with Gasteiger partial charge in [-0.1, -0.05) is 36.5 Å². The average Bonchev–Trinajstić information content (AvgIpc) is 2.55. The van der Waals surface area contributed by atoms with Crippen LogP contribution in [0.1, 0.15) is 30.0 Å². The number of aryl methyl sites for hydroxylation is 2. The van der Waals surface area contributed by atoms with Crippen LogP contribution in [0.4, 0.5) is 0 Å². The quantitative estimate of drug-likeness (QED) is 0.571. The SMILES string of the molecule is CCCc1cc(Cl)ccc1OC.COc1nc(Cl)cc(C)c1C=N. The number of hydrogen-bond donors (Lipinski definition) is 1. The number of hydrogen-bond acceptors (Lipinski definition) is 4. The van der Waals surface area contributed by atoms with E-state index in [1.54, 1.807) is 13.2 Å². The number of pyridine rings is 1. The van der Waals surface area contributed by atoms with E-state index in [4.69, 9.17) is 38.1 Å². The molecule has 0 saturated heterocycles. The molecule has 0 unspecified atom stereocenters. The molecule has 2 rings (SSSR count). The lowest BCUT2D eigenvalue weighted by Gasteiger charge is -2.06. The summed E-state index contributed by atoms with van der Waals surface area (Å²) in [6.45, 7) is 4.00. The molecule has 1 N–H and O–H groups in total. The number of rotatable bonds is 5. The van der Waals surface area contributed by atoms with E-state index in [0.29, 0.717) is 16.6 Å². The summed E-state index contributed by atoms with van der Waals surface area (Å²) < 4.78 is 10.1. The Morgan fingerprint density at radius 1 is 1.17 bits per heavy atom. The minimum absolute atomic E-state index is 0.384. The molecule has 0 spiro atoms. The number of benzene rings is 1. The van der Waals surface area contributed by atoms with E-state index in [0.717, 1.165) is 29.2 Å². The monoisotopic (exact) mass is 368 g/mol. The second-order valence-corrected chi connectivity index (χ2v) is 5.86. The van der Waals surface area contributed by atoms with Gasteiger partial charge in [0.25, 0.3) is 0 Å². The van der Waals surface area contributed by atoms with Gasteiger partial charge in [0.1, 0.15) is 10.9 Å². The number of halogens is 2. The van der Waals surface area contributed by atoms with Gasteiger partial charge in [0, 0.05) is 11.2 Å². The Morgan fingerprint density at radius 2 is 1.88 bits per heavy atom. The lowest BCUT2D eigenvalue weighted by atomic mass is 10.1. The Balaban J connectivity index is 0.000000240. The second-order valence-electron chi connectivity index (χ2n) is 5.04. The summed E-state index contributed by atoms with van der Waals surface area (Å²) in [5, 5.41) is 8.27. The second kappa shape index (κ2) is 10.2. The maximum atomic E-state index is 7.11. The molecule has 0 fully saturated rings. The van der Waals surface area contributed by atoms with Crippen LogP contribution >= 0.6 is 23.2 Å². The first kappa shape index (κ1) is 20.3. The molecule has 0 radical (unpaired) electrons. The van der Waals surface area contributed by atoms with Crippen LogP contribution in [0.5, 0.6) is 11.6 Å². The molecular formula is C18H22Cl2N2O2. The Kier molecular flexibility index (Phi) is 8.58. The Bertz CT molecular complexity index is 691. The summed E-state index contributed by atoms with van der Waals surface area (Å²) in [6, 6.07) is 7.42. The summed E-state index contributed by atoms with van der Waals surface area (Å²) in [5.41, 5.74) is 2.75. The van der Waals surface area contributed by atoms with E-state index >= 15 is 0 Å². The molecule has 0 bridgehead atoms. The summed E-state index contributed by atoms with van der Waals surface area (Å²) >= 11 is 11.5. The first-order valence-electron chi connectivity index (χ1n) is 7.50. The van der Waals surface area contributed by atoms with Gasteiger partial charge in [-0.25, -0.2) is 4.98 Å². The summed E-state index contributed by atoms with van der Waals surface area (Å²) in [5.74, 6) is 1.33. The van der Waals surface area contributed by atoms with Crippen LogP contribution in [0.25, 0.3) is 0 Å². The highest BCUT2D eigenvalue weighted by Gasteiger charge is 2.06. The Morgan fingerprint density at radius 3 is 2.42 bits per heavy atom. The molecule has 130 valence electrons. The van der Waals surface area contributed by atoms with Crippen molar-refractivity contribution < 1.29 is 9.47 Å². The van der Waals surface area contributed by atoms with Gasteiger partial charge >= 0.3 is 0 Å². The van der Waals surface area contributed by atoms with Crippen LogP contribution in [0.3, 0.4) is 0 Å². The third-order valence-corrected chi connectivity index (χ3v) is 3.73. The number of nitrogens with one attached hydrogen (secondary N) is 1. The minimum Gasteiger partial charge on any atom is -0.496 e. The minimum atomic E-state index is 0.384. The molecule has 0 atom stereocenters. The number of ether oxygens (including phenoxy) is 2. The lowest BCUT2D eigenvalue weighted by Crippen LogP contribution is -1.97. The van der Waals surface area contributed by atoms with Crippen LogP contribution in [0.2, 0.25) is 10.2 Å². The van der Waals surface area contributed by atoms with Crippen molar-refractivity contribution >= 4 is 29.4 Å². The van der Waals surface area contributed by atoms with Crippen LogP contribution in [0, 0.1) is 12.3 Å². The molecule has 1 aromatic carbocycles. The highest BCUT2D eigenvalue weighted by molar-refractivity contribution is 6.30. The van der Waals surface area contributed by atoms with E-state index in [9.17, 15) is 0 Å². The summed E-state index contributed by atoms with van der Waals surface area (Å²) in [6.07, 6.45) is 3.33. The van der Waals surface area contributed by atoms with Crippen LogP contribution in [0.15, 0.2) is 24.3 Å². The first-order valence-corrected chi connectivity index (χ1v) is 8.26. The zero-order chi connectivity index (χ0) is 18.1. The molecule has 0 aliphatic heterocycles. The van der Waals surface area contributed by atoms with E-state index in [1.165, 1.54) is 18.9 Å². The standard InChI is InChI=1S/C10H13ClO.C8H9ClN2O/c1-3-4-8-7-9(11)5-6-10(8)12-2;1-5-3-7(9)11-8(12-2)6(5)4-10/h5-7H,3-4H2,1-2H3;3-4,10H,1-2H3. The van der Waals surface area contributed by atoms with Crippen molar-refractivity contribution in [2.75, 3.05) is 14.2 Å². The third-order valence-electron chi connectivity index (χ3n) is 3.30. The van der Waals surface area contributed by atoms with Crippen LogP contribution in [-0.2, 0) is 6.42 Å². The van der Waals surface area contributed by atoms with Crippen molar-refractivity contribution in [2.45, 2.75) is 26.7 Å². The molecular weight excluding hydrogens is 347 g/mol. The predicted molar refractivity (Wildman–Crippen MR) is 100 cm³/mol. The van der Waals surface area contributed by atoms with Crippen molar-refractivity contribution in [1.29, 1.82) is 5.41 Å². The van der Waals surface area contributed by atoms with E-state index in [1.807, 2.05) is 25.1 Å². The zero-order valence-electron chi connectivity index (χ0n) is 14.3. The van der Waals surface area contributed by atoms with Crippen LogP contribution < -0.4 is 9.47 Å². The predicted octanol–water partition coefficient (Wildman–Crippen LogP) is 5.35. The summed E-state index contributed by atoms with van der Waals surface area (Å²) in [4.78, 5) is 3.92. The molecule has 1 aromatic heterocycles. The van der Waals surface area contributed by atoms with Crippen molar-refractivity contribution in [1.82, 2.24) is 4.98 Å².